The average molecular weight is 222 g/mol. The van der Waals surface area contributed by atoms with Gasteiger partial charge in [0.25, 0.3) is 0 Å². The van der Waals surface area contributed by atoms with E-state index in [2.05, 4.69) is 0 Å². The van der Waals surface area contributed by atoms with Crippen molar-refractivity contribution in [1.29, 1.82) is 0 Å². The Hall–Kier alpha value is -1.51. The van der Waals surface area contributed by atoms with E-state index in [1.807, 2.05) is 26.8 Å². The highest BCUT2D eigenvalue weighted by atomic mass is 16.5. The van der Waals surface area contributed by atoms with Gasteiger partial charge in [0.2, 0.25) is 0 Å². The predicted molar refractivity (Wildman–Crippen MR) is 62.3 cm³/mol. The molecule has 0 amide bonds. The Bertz CT molecular complexity index is 394. The van der Waals surface area contributed by atoms with Crippen LogP contribution in [0.3, 0.4) is 0 Å². The molecule has 0 aromatic heterocycles. The van der Waals surface area contributed by atoms with Crippen LogP contribution >= 0.6 is 0 Å². The monoisotopic (exact) mass is 222 g/mol. The minimum Gasteiger partial charge on any atom is -0.508 e. The maximum absolute atomic E-state index is 11.5. The molecule has 88 valence electrons. The van der Waals surface area contributed by atoms with Crippen molar-refractivity contribution in [2.75, 3.05) is 7.11 Å². The third-order valence-corrected chi connectivity index (χ3v) is 2.70. The van der Waals surface area contributed by atoms with Crippen LogP contribution in [0.5, 0.6) is 5.75 Å². The Morgan fingerprint density at radius 3 is 2.56 bits per heavy atom. The van der Waals surface area contributed by atoms with Gasteiger partial charge in [-0.15, -0.1) is 0 Å². The van der Waals surface area contributed by atoms with Gasteiger partial charge in [-0.1, -0.05) is 6.07 Å². The second kappa shape index (κ2) is 4.56. The van der Waals surface area contributed by atoms with Crippen LogP contribution in [0, 0.1) is 12.3 Å². The molecule has 0 heterocycles. The molecule has 0 bridgehead atoms. The third kappa shape index (κ3) is 2.75. The molecule has 0 aliphatic heterocycles. The summed E-state index contributed by atoms with van der Waals surface area (Å²) in [5.74, 6) is 0.0251. The van der Waals surface area contributed by atoms with Gasteiger partial charge in [-0.25, -0.2) is 0 Å². The third-order valence-electron chi connectivity index (χ3n) is 2.70. The van der Waals surface area contributed by atoms with E-state index in [4.69, 9.17) is 4.74 Å². The Morgan fingerprint density at radius 2 is 2.06 bits per heavy atom. The standard InChI is InChI=1S/C13H18O3/c1-9-7-11(14)6-5-10(9)8-13(2,3)12(15)16-4/h5-7,14H,8H2,1-4H3. The van der Waals surface area contributed by atoms with Crippen molar-refractivity contribution in [1.82, 2.24) is 0 Å². The molecule has 0 aliphatic carbocycles. The van der Waals surface area contributed by atoms with E-state index >= 15 is 0 Å². The molecule has 16 heavy (non-hydrogen) atoms. The Kier molecular flexibility index (Phi) is 3.58. The van der Waals surface area contributed by atoms with Gasteiger partial charge in [0.1, 0.15) is 5.75 Å². The molecule has 1 rings (SSSR count). The van der Waals surface area contributed by atoms with Gasteiger partial charge in [0.05, 0.1) is 12.5 Å². The first-order chi connectivity index (χ1) is 7.36. The van der Waals surface area contributed by atoms with Gasteiger partial charge in [-0.3, -0.25) is 4.79 Å². The Labute approximate surface area is 96.1 Å². The van der Waals surface area contributed by atoms with Gasteiger partial charge < -0.3 is 9.84 Å². The van der Waals surface area contributed by atoms with E-state index in [1.165, 1.54) is 7.11 Å². The molecule has 0 saturated carbocycles. The molecule has 0 spiro atoms. The maximum Gasteiger partial charge on any atom is 0.311 e. The summed E-state index contributed by atoms with van der Waals surface area (Å²) in [5.41, 5.74) is 1.49. The lowest BCUT2D eigenvalue weighted by Crippen LogP contribution is -2.28. The van der Waals surface area contributed by atoms with Crippen LogP contribution in [-0.4, -0.2) is 18.2 Å². The summed E-state index contributed by atoms with van der Waals surface area (Å²) in [7, 11) is 1.40. The molecule has 1 N–H and O–H groups in total. The highest BCUT2D eigenvalue weighted by Gasteiger charge is 2.29. The van der Waals surface area contributed by atoms with E-state index in [9.17, 15) is 9.90 Å². The van der Waals surface area contributed by atoms with Crippen molar-refractivity contribution >= 4 is 5.97 Å². The number of hydrogen-bond acceptors (Lipinski definition) is 3. The zero-order valence-electron chi connectivity index (χ0n) is 10.2. The lowest BCUT2D eigenvalue weighted by molar-refractivity contribution is -0.150. The van der Waals surface area contributed by atoms with E-state index < -0.39 is 5.41 Å². The molecule has 0 saturated heterocycles. The topological polar surface area (TPSA) is 46.5 Å². The van der Waals surface area contributed by atoms with Gasteiger partial charge in [-0.05, 0) is 50.5 Å². The predicted octanol–water partition coefficient (Wildman–Crippen LogP) is 2.44. The molecule has 0 radical (unpaired) electrons. The molecule has 3 heteroatoms. The van der Waals surface area contributed by atoms with Crippen LogP contribution in [0.1, 0.15) is 25.0 Å². The fourth-order valence-corrected chi connectivity index (χ4v) is 1.70. The number of esters is 1. The van der Waals surface area contributed by atoms with Crippen molar-refractivity contribution < 1.29 is 14.6 Å². The van der Waals surface area contributed by atoms with E-state index in [0.29, 0.717) is 6.42 Å². The average Bonchev–Trinajstić information content (AvgIpc) is 2.21. The maximum atomic E-state index is 11.5. The first kappa shape index (κ1) is 12.6. The molecular formula is C13H18O3. The van der Waals surface area contributed by atoms with Crippen LogP contribution in [0.2, 0.25) is 0 Å². The SMILES string of the molecule is COC(=O)C(C)(C)Cc1ccc(O)cc1C. The van der Waals surface area contributed by atoms with Crippen LogP contribution in [-0.2, 0) is 16.0 Å². The number of ether oxygens (including phenoxy) is 1. The highest BCUT2D eigenvalue weighted by Crippen LogP contribution is 2.26. The smallest absolute Gasteiger partial charge is 0.311 e. The number of methoxy groups -OCH3 is 1. The summed E-state index contributed by atoms with van der Waals surface area (Å²) >= 11 is 0. The summed E-state index contributed by atoms with van der Waals surface area (Å²) < 4.78 is 4.76. The van der Waals surface area contributed by atoms with Crippen molar-refractivity contribution in [3.63, 3.8) is 0 Å². The van der Waals surface area contributed by atoms with Crippen LogP contribution in [0.4, 0.5) is 0 Å². The minimum atomic E-state index is -0.545. The number of phenols is 1. The second-order valence-electron chi connectivity index (χ2n) is 4.66. The second-order valence-corrected chi connectivity index (χ2v) is 4.66. The fraction of sp³-hybridized carbons (Fsp3) is 0.462. The summed E-state index contributed by atoms with van der Waals surface area (Å²) in [6, 6.07) is 5.17. The summed E-state index contributed by atoms with van der Waals surface area (Å²) in [5, 5.41) is 9.30. The van der Waals surface area contributed by atoms with Crippen molar-refractivity contribution in [2.45, 2.75) is 27.2 Å². The van der Waals surface area contributed by atoms with Crippen molar-refractivity contribution in [2.24, 2.45) is 5.41 Å². The highest BCUT2D eigenvalue weighted by molar-refractivity contribution is 5.76. The van der Waals surface area contributed by atoms with Gasteiger partial charge in [0.15, 0.2) is 0 Å². The number of aryl methyl sites for hydroxylation is 1. The molecule has 0 unspecified atom stereocenters. The lowest BCUT2D eigenvalue weighted by Gasteiger charge is -2.22. The number of rotatable bonds is 3. The van der Waals surface area contributed by atoms with Crippen molar-refractivity contribution in [3.8, 4) is 5.75 Å². The van der Waals surface area contributed by atoms with E-state index in [0.717, 1.165) is 11.1 Å². The molecule has 0 fully saturated rings. The molecular weight excluding hydrogens is 204 g/mol. The zero-order chi connectivity index (χ0) is 12.3. The summed E-state index contributed by atoms with van der Waals surface area (Å²) in [4.78, 5) is 11.5. The fourth-order valence-electron chi connectivity index (χ4n) is 1.70. The van der Waals surface area contributed by atoms with E-state index in [-0.39, 0.29) is 11.7 Å². The number of carbonyl (C=O) groups is 1. The number of benzene rings is 1. The number of hydrogen-bond donors (Lipinski definition) is 1. The van der Waals surface area contributed by atoms with Gasteiger partial charge in [-0.2, -0.15) is 0 Å². The summed E-state index contributed by atoms with van der Waals surface area (Å²) in [6.07, 6.45) is 0.603. The Morgan fingerprint density at radius 1 is 1.44 bits per heavy atom. The van der Waals surface area contributed by atoms with Crippen LogP contribution in [0.15, 0.2) is 18.2 Å². The molecule has 0 aliphatic rings. The first-order valence-electron chi connectivity index (χ1n) is 5.24. The molecule has 1 aromatic carbocycles. The molecule has 0 atom stereocenters. The quantitative estimate of drug-likeness (QED) is 0.799. The largest absolute Gasteiger partial charge is 0.508 e. The minimum absolute atomic E-state index is 0.222. The van der Waals surface area contributed by atoms with Crippen LogP contribution in [0.25, 0.3) is 0 Å². The number of carbonyl (C=O) groups excluding carboxylic acids is 1. The zero-order valence-corrected chi connectivity index (χ0v) is 10.2. The van der Waals surface area contributed by atoms with Gasteiger partial charge in [0, 0.05) is 0 Å². The van der Waals surface area contributed by atoms with Gasteiger partial charge >= 0.3 is 5.97 Å². The van der Waals surface area contributed by atoms with Crippen LogP contribution < -0.4 is 0 Å². The Balaban J connectivity index is 2.92. The summed E-state index contributed by atoms with van der Waals surface area (Å²) in [6.45, 7) is 5.62. The van der Waals surface area contributed by atoms with Crippen molar-refractivity contribution in [3.05, 3.63) is 29.3 Å². The normalized spacial score (nSPS) is 11.2. The first-order valence-corrected chi connectivity index (χ1v) is 5.24. The molecule has 3 nitrogen and oxygen atoms in total. The number of aromatic hydroxyl groups is 1. The molecule has 1 aromatic rings. The lowest BCUT2D eigenvalue weighted by atomic mass is 9.84. The van der Waals surface area contributed by atoms with E-state index in [1.54, 1.807) is 12.1 Å². The number of phenolic OH excluding ortho intramolecular Hbond substituents is 1.